The second-order valence-electron chi connectivity index (χ2n) is 11.8. The third kappa shape index (κ3) is 5.02. The van der Waals surface area contributed by atoms with E-state index in [1.165, 1.54) is 0 Å². The van der Waals surface area contributed by atoms with Crippen molar-refractivity contribution in [3.63, 3.8) is 0 Å². The van der Waals surface area contributed by atoms with Crippen LogP contribution in [0.15, 0.2) is 158 Å². The highest BCUT2D eigenvalue weighted by atomic mass is 28.4. The summed E-state index contributed by atoms with van der Waals surface area (Å²) in [5.74, 6) is 0.288. The molecule has 6 aromatic rings. The van der Waals surface area contributed by atoms with Crippen molar-refractivity contribution < 1.29 is 18.4 Å². The topological polar surface area (TPSA) is 52.6 Å². The Labute approximate surface area is 271 Å². The van der Waals surface area contributed by atoms with Gasteiger partial charge >= 0.3 is 16.6 Å². The minimum atomic E-state index is -2.91. The van der Waals surface area contributed by atoms with Gasteiger partial charge in [0.2, 0.25) is 0 Å². The van der Waals surface area contributed by atoms with Crippen molar-refractivity contribution in [2.24, 2.45) is 0 Å². The highest BCUT2D eigenvalue weighted by molar-refractivity contribution is 6.97. The van der Waals surface area contributed by atoms with Crippen LogP contribution < -0.4 is 29.6 Å². The zero-order valence-electron chi connectivity index (χ0n) is 25.6. The van der Waals surface area contributed by atoms with Gasteiger partial charge < -0.3 is 8.85 Å². The lowest BCUT2D eigenvalue weighted by atomic mass is 9.83. The average Bonchev–Trinajstić information content (AvgIpc) is 3.12. The van der Waals surface area contributed by atoms with E-state index in [2.05, 4.69) is 61.6 Å². The first kappa shape index (κ1) is 29.4. The second kappa shape index (κ2) is 11.9. The molecule has 0 unspecified atom stereocenters. The molecular formula is C40H32O4Si2. The summed E-state index contributed by atoms with van der Waals surface area (Å²) in [6.07, 6.45) is 0. The molecule has 4 nitrogen and oxygen atoms in total. The van der Waals surface area contributed by atoms with Crippen LogP contribution in [0, 0.1) is 0 Å². The standard InChI is InChI=1S/C40H32O4Si2/c1-45(29-17-7-3-8-18-29,30-19-9-4-10-20-30)43-35-27-28-36(38-37(35)39(41)33-25-15-16-26-34(33)40(38)42)44-46(2,31-21-11-5-12-22-31)32-23-13-6-14-24-32/h3-28H,1-2H3. The summed E-state index contributed by atoms with van der Waals surface area (Å²) in [7, 11) is -5.82. The number of carbonyl (C=O) groups is 2. The number of hydrogen-bond acceptors (Lipinski definition) is 4. The van der Waals surface area contributed by atoms with Gasteiger partial charge in [-0.15, -0.1) is 0 Å². The molecule has 0 aromatic heterocycles. The molecule has 1 aliphatic rings. The molecule has 0 bridgehead atoms. The SMILES string of the molecule is C[Si](Oc1ccc(O[Si](C)(c2ccccc2)c2ccccc2)c2c1C(=O)c1ccccc1C2=O)(c1ccccc1)c1ccccc1. The Balaban J connectivity index is 1.43. The summed E-state index contributed by atoms with van der Waals surface area (Å²) in [6, 6.07) is 51.2. The maximum absolute atomic E-state index is 14.4. The zero-order valence-corrected chi connectivity index (χ0v) is 27.6. The lowest BCUT2D eigenvalue weighted by Crippen LogP contribution is -2.61. The maximum Gasteiger partial charge on any atom is 0.311 e. The van der Waals surface area contributed by atoms with Crippen molar-refractivity contribution in [3.8, 4) is 11.5 Å². The third-order valence-electron chi connectivity index (χ3n) is 8.93. The van der Waals surface area contributed by atoms with E-state index in [0.717, 1.165) is 20.7 Å². The van der Waals surface area contributed by atoms with Crippen LogP contribution in [0.25, 0.3) is 0 Å². The first-order valence-corrected chi connectivity index (χ1v) is 20.2. The van der Waals surface area contributed by atoms with Crippen molar-refractivity contribution in [3.05, 3.63) is 180 Å². The highest BCUT2D eigenvalue weighted by Gasteiger charge is 2.43. The molecule has 0 amide bonds. The van der Waals surface area contributed by atoms with E-state index in [1.807, 2.05) is 84.9 Å². The van der Waals surface area contributed by atoms with Gasteiger partial charge in [-0.3, -0.25) is 9.59 Å². The van der Waals surface area contributed by atoms with Gasteiger partial charge in [-0.1, -0.05) is 146 Å². The van der Waals surface area contributed by atoms with E-state index in [-0.39, 0.29) is 22.7 Å². The Morgan fingerprint density at radius 1 is 0.370 bits per heavy atom. The van der Waals surface area contributed by atoms with Crippen LogP contribution >= 0.6 is 0 Å². The van der Waals surface area contributed by atoms with Gasteiger partial charge in [0.15, 0.2) is 11.6 Å². The third-order valence-corrected chi connectivity index (χ3v) is 15.9. The number of rotatable bonds is 8. The molecule has 0 heterocycles. The first-order chi connectivity index (χ1) is 22.4. The van der Waals surface area contributed by atoms with Crippen LogP contribution in [0.1, 0.15) is 31.8 Å². The van der Waals surface area contributed by atoms with Crippen LogP contribution in [0.2, 0.25) is 13.1 Å². The van der Waals surface area contributed by atoms with Crippen molar-refractivity contribution in [1.82, 2.24) is 0 Å². The summed E-state index contributed by atoms with van der Waals surface area (Å²) in [4.78, 5) is 28.9. The van der Waals surface area contributed by atoms with Gasteiger partial charge in [0.05, 0.1) is 11.1 Å². The van der Waals surface area contributed by atoms with Crippen molar-refractivity contribution in [2.45, 2.75) is 13.1 Å². The predicted molar refractivity (Wildman–Crippen MR) is 189 cm³/mol. The summed E-state index contributed by atoms with van der Waals surface area (Å²) in [5.41, 5.74) is 1.25. The molecule has 0 aliphatic heterocycles. The smallest absolute Gasteiger partial charge is 0.311 e. The number of fused-ring (bicyclic) bond motifs is 2. The fourth-order valence-corrected chi connectivity index (χ4v) is 12.0. The van der Waals surface area contributed by atoms with E-state index in [4.69, 9.17) is 8.85 Å². The number of carbonyl (C=O) groups excluding carboxylic acids is 2. The highest BCUT2D eigenvalue weighted by Crippen LogP contribution is 2.40. The molecule has 6 aromatic carbocycles. The molecule has 224 valence electrons. The molecule has 0 N–H and O–H groups in total. The van der Waals surface area contributed by atoms with Crippen molar-refractivity contribution in [1.29, 1.82) is 0 Å². The van der Waals surface area contributed by atoms with Gasteiger partial charge in [-0.2, -0.15) is 0 Å². The molecule has 0 spiro atoms. The monoisotopic (exact) mass is 632 g/mol. The van der Waals surface area contributed by atoms with E-state index in [0.29, 0.717) is 22.6 Å². The van der Waals surface area contributed by atoms with Gasteiger partial charge in [0.25, 0.3) is 0 Å². The number of ketones is 2. The lowest BCUT2D eigenvalue weighted by Gasteiger charge is -2.34. The van der Waals surface area contributed by atoms with E-state index < -0.39 is 16.6 Å². The van der Waals surface area contributed by atoms with Crippen molar-refractivity contribution in [2.75, 3.05) is 0 Å². The Morgan fingerprint density at radius 3 is 0.913 bits per heavy atom. The fourth-order valence-electron chi connectivity index (χ4n) is 6.37. The summed E-state index contributed by atoms with van der Waals surface area (Å²) < 4.78 is 14.2. The van der Waals surface area contributed by atoms with Crippen molar-refractivity contribution >= 4 is 48.9 Å². The van der Waals surface area contributed by atoms with Gasteiger partial charge in [0, 0.05) is 11.1 Å². The average molecular weight is 633 g/mol. The number of benzene rings is 6. The largest absolute Gasteiger partial charge is 0.534 e. The van der Waals surface area contributed by atoms with Gasteiger partial charge in [0.1, 0.15) is 11.5 Å². The van der Waals surface area contributed by atoms with Crippen LogP contribution in [-0.2, 0) is 0 Å². The Kier molecular flexibility index (Phi) is 7.60. The molecular weight excluding hydrogens is 601 g/mol. The molecule has 0 saturated heterocycles. The molecule has 46 heavy (non-hydrogen) atoms. The molecule has 0 saturated carbocycles. The van der Waals surface area contributed by atoms with Gasteiger partial charge in [-0.25, -0.2) is 0 Å². The van der Waals surface area contributed by atoms with E-state index in [9.17, 15) is 9.59 Å². The molecule has 0 fully saturated rings. The minimum Gasteiger partial charge on any atom is -0.534 e. The lowest BCUT2D eigenvalue weighted by molar-refractivity contribution is 0.0976. The van der Waals surface area contributed by atoms with Crippen LogP contribution in [0.3, 0.4) is 0 Å². The Bertz CT molecular complexity index is 1820. The fraction of sp³-hybridized carbons (Fsp3) is 0.0500. The minimum absolute atomic E-state index is 0.245. The van der Waals surface area contributed by atoms with Crippen LogP contribution in [0.4, 0.5) is 0 Å². The summed E-state index contributed by atoms with van der Waals surface area (Å²) in [6.45, 7) is 4.26. The summed E-state index contributed by atoms with van der Waals surface area (Å²) >= 11 is 0. The predicted octanol–water partition coefficient (Wildman–Crippen LogP) is 6.00. The number of hydrogen-bond donors (Lipinski definition) is 0. The van der Waals surface area contributed by atoms with Crippen LogP contribution in [0.5, 0.6) is 11.5 Å². The normalized spacial score (nSPS) is 12.7. The molecule has 7 rings (SSSR count). The Hall–Kier alpha value is -5.31. The van der Waals surface area contributed by atoms with Gasteiger partial charge in [-0.05, 0) is 46.0 Å². The molecule has 0 atom stereocenters. The summed E-state index contributed by atoms with van der Waals surface area (Å²) in [5, 5.41) is 4.22. The van der Waals surface area contributed by atoms with Crippen LogP contribution in [-0.4, -0.2) is 28.2 Å². The maximum atomic E-state index is 14.4. The first-order valence-electron chi connectivity index (χ1n) is 15.4. The zero-order chi connectivity index (χ0) is 31.7. The molecule has 6 heteroatoms. The second-order valence-corrected chi connectivity index (χ2v) is 18.6. The quantitative estimate of drug-likeness (QED) is 0.193. The molecule has 0 radical (unpaired) electrons. The van der Waals surface area contributed by atoms with E-state index in [1.54, 1.807) is 24.3 Å². The molecule has 1 aliphatic carbocycles. The Morgan fingerprint density at radius 2 is 0.630 bits per heavy atom. The van der Waals surface area contributed by atoms with E-state index >= 15 is 0 Å².